The van der Waals surface area contributed by atoms with E-state index in [4.69, 9.17) is 25.8 Å². The molecule has 3 aromatic carbocycles. The number of ether oxygens (including phenoxy) is 3. The predicted molar refractivity (Wildman–Crippen MR) is 149 cm³/mol. The number of aromatic hydroxyl groups is 2. The Bertz CT molecular complexity index is 1570. The highest BCUT2D eigenvalue weighted by Crippen LogP contribution is 2.47. The highest BCUT2D eigenvalue weighted by atomic mass is 79.9. The lowest BCUT2D eigenvalue weighted by Crippen LogP contribution is -2.31. The predicted octanol–water partition coefficient (Wildman–Crippen LogP) is 5.72. The first-order valence-corrected chi connectivity index (χ1v) is 13.1. The van der Waals surface area contributed by atoms with Crippen LogP contribution in [0.3, 0.4) is 0 Å². The van der Waals surface area contributed by atoms with E-state index in [1.54, 1.807) is 43.4 Å². The van der Waals surface area contributed by atoms with Crippen molar-refractivity contribution >= 4 is 33.4 Å². The van der Waals surface area contributed by atoms with E-state index in [9.17, 15) is 15.0 Å². The molecule has 3 N–H and O–H groups in total. The van der Waals surface area contributed by atoms with Crippen LogP contribution in [0, 0.1) is 0 Å². The molecule has 2 heterocycles. The SMILES string of the molecule is COc1ccc(CCN2C(=O)c3[nH]nc(-c4cc(Cl)ccc4O)c3C2c2cc(Br)c(O)c(OC)c2)cc1OC. The van der Waals surface area contributed by atoms with Crippen molar-refractivity contribution in [3.05, 3.63) is 80.4 Å². The van der Waals surface area contributed by atoms with Crippen molar-refractivity contribution in [2.45, 2.75) is 12.5 Å². The van der Waals surface area contributed by atoms with Crippen molar-refractivity contribution < 1.29 is 29.2 Å². The van der Waals surface area contributed by atoms with E-state index >= 15 is 0 Å². The molecule has 0 saturated carbocycles. The molecule has 9 nitrogen and oxygen atoms in total. The van der Waals surface area contributed by atoms with Crippen LogP contribution in [0.25, 0.3) is 11.3 Å². The minimum Gasteiger partial charge on any atom is -0.507 e. The molecule has 11 heteroatoms. The van der Waals surface area contributed by atoms with Crippen molar-refractivity contribution in [1.29, 1.82) is 0 Å². The molecular weight excluding hydrogens is 590 g/mol. The number of phenolic OH excluding ortho intramolecular Hbond substituents is 2. The minimum atomic E-state index is -0.606. The lowest BCUT2D eigenvalue weighted by molar-refractivity contribution is 0.0745. The summed E-state index contributed by atoms with van der Waals surface area (Å²) in [5.41, 5.74) is 3.32. The van der Waals surface area contributed by atoms with Crippen molar-refractivity contribution in [2.24, 2.45) is 0 Å². The standard InChI is InChI=1S/C28H25BrClN3O6/c1-37-20-7-4-14(10-21(20)38-2)8-9-33-26(15-11-18(29)27(35)22(12-15)39-3)23-24(31-32-25(23)28(33)36)17-13-16(30)5-6-19(17)34/h4-7,10-13,26,34-35H,8-9H2,1-3H3,(H,31,32). The molecule has 1 aromatic heterocycles. The van der Waals surface area contributed by atoms with E-state index in [1.807, 2.05) is 18.2 Å². The molecular formula is C28H25BrClN3O6. The number of methoxy groups -OCH3 is 3. The highest BCUT2D eigenvalue weighted by Gasteiger charge is 2.43. The monoisotopic (exact) mass is 613 g/mol. The van der Waals surface area contributed by atoms with Gasteiger partial charge in [0.2, 0.25) is 0 Å². The number of hydrogen-bond acceptors (Lipinski definition) is 7. The molecule has 0 bridgehead atoms. The number of aromatic amines is 1. The fourth-order valence-electron chi connectivity index (χ4n) is 4.87. The minimum absolute atomic E-state index is 0.0202. The summed E-state index contributed by atoms with van der Waals surface area (Å²) < 4.78 is 16.6. The zero-order valence-electron chi connectivity index (χ0n) is 21.3. The third kappa shape index (κ3) is 4.74. The van der Waals surface area contributed by atoms with Crippen LogP contribution in [0.2, 0.25) is 5.02 Å². The molecule has 0 spiro atoms. The summed E-state index contributed by atoms with van der Waals surface area (Å²) in [6.45, 7) is 0.350. The summed E-state index contributed by atoms with van der Waals surface area (Å²) in [5.74, 6) is 1.13. The number of phenols is 2. The zero-order chi connectivity index (χ0) is 27.8. The lowest BCUT2D eigenvalue weighted by atomic mass is 9.95. The number of H-pyrrole nitrogens is 1. The average molecular weight is 615 g/mol. The van der Waals surface area contributed by atoms with Gasteiger partial charge in [0.1, 0.15) is 17.1 Å². The van der Waals surface area contributed by atoms with E-state index in [0.29, 0.717) is 62.0 Å². The summed E-state index contributed by atoms with van der Waals surface area (Å²) in [4.78, 5) is 15.5. The molecule has 4 aromatic rings. The summed E-state index contributed by atoms with van der Waals surface area (Å²) in [6, 6.07) is 13.1. The Morgan fingerprint density at radius 2 is 1.74 bits per heavy atom. The van der Waals surface area contributed by atoms with E-state index in [2.05, 4.69) is 26.1 Å². The van der Waals surface area contributed by atoms with Crippen LogP contribution < -0.4 is 14.2 Å². The number of halogens is 2. The fraction of sp³-hybridized carbons (Fsp3) is 0.214. The summed E-state index contributed by atoms with van der Waals surface area (Å²) in [7, 11) is 4.61. The van der Waals surface area contributed by atoms with Gasteiger partial charge in [-0.15, -0.1) is 0 Å². The zero-order valence-corrected chi connectivity index (χ0v) is 23.6. The Hall–Kier alpha value is -3.89. The maximum absolute atomic E-state index is 13.8. The summed E-state index contributed by atoms with van der Waals surface area (Å²) >= 11 is 9.64. The maximum atomic E-state index is 13.8. The van der Waals surface area contributed by atoms with Gasteiger partial charge < -0.3 is 29.3 Å². The van der Waals surface area contributed by atoms with Gasteiger partial charge in [-0.05, 0) is 75.9 Å². The molecule has 1 unspecified atom stereocenters. The largest absolute Gasteiger partial charge is 0.507 e. The molecule has 1 aliphatic heterocycles. The third-order valence-electron chi connectivity index (χ3n) is 6.75. The van der Waals surface area contributed by atoms with Crippen LogP contribution in [0.4, 0.5) is 0 Å². The second-order valence-corrected chi connectivity index (χ2v) is 10.2. The molecule has 1 aliphatic rings. The normalized spacial score (nSPS) is 14.4. The Morgan fingerprint density at radius 1 is 1.00 bits per heavy atom. The van der Waals surface area contributed by atoms with Gasteiger partial charge in [0, 0.05) is 22.7 Å². The van der Waals surface area contributed by atoms with Gasteiger partial charge in [0.05, 0.1) is 31.8 Å². The first-order chi connectivity index (χ1) is 18.8. The van der Waals surface area contributed by atoms with E-state index in [1.165, 1.54) is 13.2 Å². The van der Waals surface area contributed by atoms with Crippen LogP contribution in [-0.4, -0.2) is 59.1 Å². The molecule has 1 amide bonds. The van der Waals surface area contributed by atoms with E-state index < -0.39 is 6.04 Å². The molecule has 39 heavy (non-hydrogen) atoms. The quantitative estimate of drug-likeness (QED) is 0.233. The van der Waals surface area contributed by atoms with Crippen LogP contribution in [0.5, 0.6) is 28.7 Å². The van der Waals surface area contributed by atoms with Crippen LogP contribution >= 0.6 is 27.5 Å². The van der Waals surface area contributed by atoms with Crippen LogP contribution in [0.1, 0.15) is 33.2 Å². The van der Waals surface area contributed by atoms with Crippen LogP contribution in [-0.2, 0) is 6.42 Å². The summed E-state index contributed by atoms with van der Waals surface area (Å²) in [6.07, 6.45) is 0.522. The highest BCUT2D eigenvalue weighted by molar-refractivity contribution is 9.10. The fourth-order valence-corrected chi connectivity index (χ4v) is 5.50. The molecule has 0 aliphatic carbocycles. The summed E-state index contributed by atoms with van der Waals surface area (Å²) in [5, 5.41) is 28.8. The van der Waals surface area contributed by atoms with Crippen molar-refractivity contribution in [3.63, 3.8) is 0 Å². The Labute approximate surface area is 238 Å². The van der Waals surface area contributed by atoms with Crippen molar-refractivity contribution in [3.8, 4) is 40.0 Å². The number of nitrogens with zero attached hydrogens (tertiary/aromatic N) is 2. The second kappa shape index (κ2) is 10.7. The number of carbonyl (C=O) groups is 1. The number of rotatable bonds is 8. The van der Waals surface area contributed by atoms with E-state index in [-0.39, 0.29) is 23.2 Å². The number of amides is 1. The first-order valence-electron chi connectivity index (χ1n) is 11.9. The van der Waals surface area contributed by atoms with Gasteiger partial charge in [-0.1, -0.05) is 17.7 Å². The molecule has 0 radical (unpaired) electrons. The Morgan fingerprint density at radius 3 is 2.46 bits per heavy atom. The number of nitrogens with one attached hydrogen (secondary N) is 1. The lowest BCUT2D eigenvalue weighted by Gasteiger charge is -2.27. The molecule has 202 valence electrons. The number of fused-ring (bicyclic) bond motifs is 1. The first kappa shape index (κ1) is 26.7. The molecule has 5 rings (SSSR count). The Balaban J connectivity index is 1.61. The third-order valence-corrected chi connectivity index (χ3v) is 7.59. The number of aromatic nitrogens is 2. The molecule has 1 atom stereocenters. The molecule has 0 saturated heterocycles. The van der Waals surface area contributed by atoms with E-state index in [0.717, 1.165) is 5.56 Å². The molecule has 0 fully saturated rings. The number of hydrogen-bond donors (Lipinski definition) is 3. The smallest absolute Gasteiger partial charge is 0.273 e. The average Bonchev–Trinajstić information content (AvgIpc) is 3.48. The number of benzene rings is 3. The van der Waals surface area contributed by atoms with Gasteiger partial charge in [0.15, 0.2) is 23.0 Å². The van der Waals surface area contributed by atoms with Gasteiger partial charge in [0.25, 0.3) is 5.91 Å². The van der Waals surface area contributed by atoms with Gasteiger partial charge >= 0.3 is 0 Å². The van der Waals surface area contributed by atoms with Gasteiger partial charge in [-0.3, -0.25) is 9.89 Å². The topological polar surface area (TPSA) is 117 Å². The van der Waals surface area contributed by atoms with Crippen molar-refractivity contribution in [1.82, 2.24) is 15.1 Å². The van der Waals surface area contributed by atoms with Gasteiger partial charge in [-0.25, -0.2) is 0 Å². The second-order valence-electron chi connectivity index (χ2n) is 8.92. The van der Waals surface area contributed by atoms with Gasteiger partial charge in [-0.2, -0.15) is 5.10 Å². The number of carbonyl (C=O) groups excluding carboxylic acids is 1. The van der Waals surface area contributed by atoms with Crippen molar-refractivity contribution in [2.75, 3.05) is 27.9 Å². The van der Waals surface area contributed by atoms with Crippen LogP contribution in [0.15, 0.2) is 53.0 Å². The Kier molecular flexibility index (Phi) is 7.33. The maximum Gasteiger partial charge on any atom is 0.273 e.